The van der Waals surface area contributed by atoms with Crippen molar-refractivity contribution in [2.24, 2.45) is 5.41 Å². The third-order valence-corrected chi connectivity index (χ3v) is 3.64. The van der Waals surface area contributed by atoms with Crippen LogP contribution in [-0.2, 0) is 4.79 Å². The first-order valence-corrected chi connectivity index (χ1v) is 8.50. The van der Waals surface area contributed by atoms with Crippen molar-refractivity contribution in [3.8, 4) is 0 Å². The van der Waals surface area contributed by atoms with Crippen LogP contribution in [0, 0.1) is 5.41 Å². The topological polar surface area (TPSA) is 98.0 Å². The van der Waals surface area contributed by atoms with Gasteiger partial charge in [-0.3, -0.25) is 4.79 Å². The first kappa shape index (κ1) is 23.6. The molecule has 0 heterocycles. The van der Waals surface area contributed by atoms with Gasteiger partial charge in [-0.05, 0) is 6.42 Å². The van der Waals surface area contributed by atoms with E-state index in [4.69, 9.17) is 20.4 Å². The first-order valence-electron chi connectivity index (χ1n) is 8.50. The lowest BCUT2D eigenvalue weighted by molar-refractivity contribution is -0.137. The predicted octanol–water partition coefficient (Wildman–Crippen LogP) is 2.96. The van der Waals surface area contributed by atoms with Crippen LogP contribution in [0.2, 0.25) is 0 Å². The number of carbonyl (C=O) groups is 1. The van der Waals surface area contributed by atoms with Crippen molar-refractivity contribution in [1.82, 2.24) is 0 Å². The summed E-state index contributed by atoms with van der Waals surface area (Å²) in [6.45, 7) is 3.29. The fraction of sp³-hybridized carbons (Fsp3) is 0.941. The van der Waals surface area contributed by atoms with Gasteiger partial charge in [-0.1, -0.05) is 65.2 Å². The molecular formula is C17H36O5. The second-order valence-electron chi connectivity index (χ2n) is 6.26. The zero-order valence-electron chi connectivity index (χ0n) is 14.4. The van der Waals surface area contributed by atoms with Gasteiger partial charge in [-0.2, -0.15) is 0 Å². The highest BCUT2D eigenvalue weighted by Crippen LogP contribution is 2.11. The Kier molecular flexibility index (Phi) is 17.9. The third-order valence-electron chi connectivity index (χ3n) is 3.64. The second-order valence-corrected chi connectivity index (χ2v) is 6.26. The average Bonchev–Trinajstić information content (AvgIpc) is 2.53. The summed E-state index contributed by atoms with van der Waals surface area (Å²) in [6, 6.07) is 0. The van der Waals surface area contributed by atoms with Crippen molar-refractivity contribution >= 4 is 5.97 Å². The molecule has 0 spiro atoms. The Balaban J connectivity index is 0. The number of carboxylic acid groups (broad SMARTS) is 1. The summed E-state index contributed by atoms with van der Waals surface area (Å²) in [5.74, 6) is -0.659. The molecule has 0 aromatic carbocycles. The summed E-state index contributed by atoms with van der Waals surface area (Å²) in [4.78, 5) is 10.2. The van der Waals surface area contributed by atoms with Crippen LogP contribution in [-0.4, -0.2) is 46.2 Å². The highest BCUT2D eigenvalue weighted by Gasteiger charge is 2.20. The SMILES string of the molecule is CC(CO)(CO)CO.CCCCCCCCCCCC(=O)O. The summed E-state index contributed by atoms with van der Waals surface area (Å²) in [6.07, 6.45) is 11.5. The molecule has 0 aliphatic rings. The first-order chi connectivity index (χ1) is 10.5. The molecular weight excluding hydrogens is 284 g/mol. The van der Waals surface area contributed by atoms with Gasteiger partial charge in [0.05, 0.1) is 19.8 Å². The molecule has 0 atom stereocenters. The Hall–Kier alpha value is -0.650. The fourth-order valence-corrected chi connectivity index (χ4v) is 1.74. The number of rotatable bonds is 13. The molecule has 0 fully saturated rings. The number of aliphatic carboxylic acids is 1. The van der Waals surface area contributed by atoms with Gasteiger partial charge in [0, 0.05) is 11.8 Å². The molecule has 4 N–H and O–H groups in total. The second kappa shape index (κ2) is 16.7. The van der Waals surface area contributed by atoms with Crippen LogP contribution in [0.15, 0.2) is 0 Å². The van der Waals surface area contributed by atoms with E-state index in [1.54, 1.807) is 6.92 Å². The van der Waals surface area contributed by atoms with Gasteiger partial charge in [-0.15, -0.1) is 0 Å². The summed E-state index contributed by atoms with van der Waals surface area (Å²) < 4.78 is 0. The van der Waals surface area contributed by atoms with E-state index in [2.05, 4.69) is 6.92 Å². The monoisotopic (exact) mass is 320 g/mol. The molecule has 22 heavy (non-hydrogen) atoms. The van der Waals surface area contributed by atoms with Crippen LogP contribution >= 0.6 is 0 Å². The lowest BCUT2D eigenvalue weighted by Gasteiger charge is -2.20. The van der Waals surface area contributed by atoms with Crippen molar-refractivity contribution in [2.45, 2.75) is 78.1 Å². The maximum Gasteiger partial charge on any atom is 0.303 e. The van der Waals surface area contributed by atoms with Crippen molar-refractivity contribution in [2.75, 3.05) is 19.8 Å². The van der Waals surface area contributed by atoms with Gasteiger partial charge in [0.1, 0.15) is 0 Å². The summed E-state index contributed by atoms with van der Waals surface area (Å²) in [5.41, 5.74) is -0.708. The molecule has 5 nitrogen and oxygen atoms in total. The van der Waals surface area contributed by atoms with Crippen LogP contribution in [0.1, 0.15) is 78.1 Å². The zero-order chi connectivity index (χ0) is 17.3. The number of hydrogen-bond donors (Lipinski definition) is 4. The molecule has 0 saturated heterocycles. The zero-order valence-corrected chi connectivity index (χ0v) is 14.4. The van der Waals surface area contributed by atoms with E-state index in [0.29, 0.717) is 6.42 Å². The average molecular weight is 320 g/mol. The van der Waals surface area contributed by atoms with Crippen LogP contribution in [0.5, 0.6) is 0 Å². The molecule has 0 aliphatic carbocycles. The Morgan fingerprint density at radius 3 is 1.41 bits per heavy atom. The van der Waals surface area contributed by atoms with Crippen LogP contribution in [0.25, 0.3) is 0 Å². The molecule has 0 bridgehead atoms. The normalized spacial score (nSPS) is 11.0. The highest BCUT2D eigenvalue weighted by atomic mass is 16.4. The molecule has 0 radical (unpaired) electrons. The Morgan fingerprint density at radius 1 is 0.773 bits per heavy atom. The number of aliphatic hydroxyl groups is 3. The third kappa shape index (κ3) is 17.4. The number of aliphatic hydroxyl groups excluding tert-OH is 3. The Bertz CT molecular complexity index is 231. The molecule has 0 amide bonds. The van der Waals surface area contributed by atoms with E-state index in [0.717, 1.165) is 12.8 Å². The molecule has 0 rings (SSSR count). The number of unbranched alkanes of at least 4 members (excludes halogenated alkanes) is 8. The molecule has 0 saturated carbocycles. The summed E-state index contributed by atoms with van der Waals surface area (Å²) >= 11 is 0. The van der Waals surface area contributed by atoms with Gasteiger partial charge < -0.3 is 20.4 Å². The van der Waals surface area contributed by atoms with Gasteiger partial charge in [0.25, 0.3) is 0 Å². The molecule has 0 unspecified atom stereocenters. The highest BCUT2D eigenvalue weighted by molar-refractivity contribution is 5.66. The fourth-order valence-electron chi connectivity index (χ4n) is 1.74. The van der Waals surface area contributed by atoms with Crippen molar-refractivity contribution in [1.29, 1.82) is 0 Å². The summed E-state index contributed by atoms with van der Waals surface area (Å²) in [7, 11) is 0. The quantitative estimate of drug-likeness (QED) is 0.391. The van der Waals surface area contributed by atoms with E-state index < -0.39 is 11.4 Å². The Morgan fingerprint density at radius 2 is 1.14 bits per heavy atom. The van der Waals surface area contributed by atoms with Crippen molar-refractivity contribution in [3.05, 3.63) is 0 Å². The van der Waals surface area contributed by atoms with Gasteiger partial charge in [-0.25, -0.2) is 0 Å². The Labute approximate surface area is 135 Å². The molecule has 0 aromatic rings. The van der Waals surface area contributed by atoms with Crippen LogP contribution in [0.3, 0.4) is 0 Å². The minimum absolute atomic E-state index is 0.181. The number of hydrogen-bond acceptors (Lipinski definition) is 4. The maximum atomic E-state index is 10.2. The smallest absolute Gasteiger partial charge is 0.303 e. The lowest BCUT2D eigenvalue weighted by Crippen LogP contribution is -2.29. The molecule has 5 heteroatoms. The van der Waals surface area contributed by atoms with Gasteiger partial charge in [0.15, 0.2) is 0 Å². The van der Waals surface area contributed by atoms with Crippen molar-refractivity contribution in [3.63, 3.8) is 0 Å². The van der Waals surface area contributed by atoms with Crippen molar-refractivity contribution < 1.29 is 25.2 Å². The van der Waals surface area contributed by atoms with Crippen LogP contribution in [0.4, 0.5) is 0 Å². The standard InChI is InChI=1S/C12H24O2.C5H12O3/c1-2-3-4-5-6-7-8-9-10-11-12(13)14;1-5(2-6,3-7)4-8/h2-11H2,1H3,(H,13,14);6-8H,2-4H2,1H3. The van der Waals surface area contributed by atoms with Gasteiger partial charge in [0.2, 0.25) is 0 Å². The van der Waals surface area contributed by atoms with E-state index in [-0.39, 0.29) is 19.8 Å². The maximum absolute atomic E-state index is 10.2. The minimum Gasteiger partial charge on any atom is -0.481 e. The molecule has 0 aromatic heterocycles. The van der Waals surface area contributed by atoms with E-state index in [9.17, 15) is 4.79 Å². The van der Waals surface area contributed by atoms with E-state index >= 15 is 0 Å². The lowest BCUT2D eigenvalue weighted by atomic mass is 9.95. The van der Waals surface area contributed by atoms with E-state index in [1.807, 2.05) is 0 Å². The van der Waals surface area contributed by atoms with Crippen LogP contribution < -0.4 is 0 Å². The number of carboxylic acids is 1. The largest absolute Gasteiger partial charge is 0.481 e. The van der Waals surface area contributed by atoms with E-state index in [1.165, 1.54) is 44.9 Å². The minimum atomic E-state index is -0.708. The molecule has 0 aliphatic heterocycles. The summed E-state index contributed by atoms with van der Waals surface area (Å²) in [5, 5.41) is 33.8. The predicted molar refractivity (Wildman–Crippen MR) is 88.8 cm³/mol. The van der Waals surface area contributed by atoms with Gasteiger partial charge >= 0.3 is 5.97 Å². The molecule has 134 valence electrons.